The van der Waals surface area contributed by atoms with Crippen LogP contribution in [-0.4, -0.2) is 13.7 Å². The zero-order valence-electron chi connectivity index (χ0n) is 32.0. The number of rotatable bonds is 4. The highest BCUT2D eigenvalue weighted by Gasteiger charge is 2.22. The topological polar surface area (TPSA) is 14.8 Å². The first-order valence-electron chi connectivity index (χ1n) is 20.4. The SMILES string of the molecule is c1ccc(-n2c3ccccc3c3ccc4c(c5cc(-c6ccc7c(c6)c6ccccc6n7-c6cccc7ccccc67)ccc5n4-c4ccc5ccccc5c4)c32)cc1. The molecule has 0 atom stereocenters. The van der Waals surface area contributed by atoms with Crippen LogP contribution >= 0.6 is 0 Å². The number of para-hydroxylation sites is 3. The normalized spacial score (nSPS) is 12.1. The summed E-state index contributed by atoms with van der Waals surface area (Å²) < 4.78 is 7.38. The van der Waals surface area contributed by atoms with E-state index in [0.29, 0.717) is 0 Å². The summed E-state index contributed by atoms with van der Waals surface area (Å²) in [4.78, 5) is 0. The Morgan fingerprint density at radius 2 is 0.831 bits per heavy atom. The van der Waals surface area contributed by atoms with Crippen molar-refractivity contribution >= 4 is 87.0 Å². The van der Waals surface area contributed by atoms with Crippen molar-refractivity contribution in [1.82, 2.24) is 13.7 Å². The van der Waals surface area contributed by atoms with Crippen LogP contribution in [0.3, 0.4) is 0 Å². The van der Waals surface area contributed by atoms with Gasteiger partial charge < -0.3 is 13.7 Å². The van der Waals surface area contributed by atoms with E-state index in [2.05, 4.69) is 226 Å². The third-order valence-electron chi connectivity index (χ3n) is 12.6. The first-order valence-corrected chi connectivity index (χ1v) is 20.4. The lowest BCUT2D eigenvalue weighted by Gasteiger charge is -2.12. The number of benzene rings is 10. The van der Waals surface area contributed by atoms with Gasteiger partial charge >= 0.3 is 0 Å². The van der Waals surface area contributed by atoms with Crippen LogP contribution in [0.15, 0.2) is 212 Å². The summed E-state index contributed by atoms with van der Waals surface area (Å²) in [5.74, 6) is 0. The Hall–Kier alpha value is -7.88. The predicted molar refractivity (Wildman–Crippen MR) is 250 cm³/mol. The summed E-state index contributed by atoms with van der Waals surface area (Å²) in [6.45, 7) is 0. The van der Waals surface area contributed by atoms with Gasteiger partial charge in [-0.25, -0.2) is 0 Å². The fourth-order valence-corrected chi connectivity index (χ4v) is 9.99. The Bertz CT molecular complexity index is 3840. The van der Waals surface area contributed by atoms with Crippen LogP contribution in [0.2, 0.25) is 0 Å². The van der Waals surface area contributed by atoms with Gasteiger partial charge in [0.1, 0.15) is 0 Å². The molecule has 13 aromatic rings. The molecule has 3 heterocycles. The predicted octanol–water partition coefficient (Wildman–Crippen LogP) is 15.0. The van der Waals surface area contributed by atoms with E-state index in [1.807, 2.05) is 0 Å². The Labute approximate surface area is 339 Å². The molecule has 0 aliphatic rings. The van der Waals surface area contributed by atoms with Gasteiger partial charge in [0.2, 0.25) is 0 Å². The first-order chi connectivity index (χ1) is 29.3. The number of fused-ring (bicyclic) bond motifs is 12. The molecule has 59 heavy (non-hydrogen) atoms. The van der Waals surface area contributed by atoms with Crippen LogP contribution in [0, 0.1) is 0 Å². The van der Waals surface area contributed by atoms with E-state index >= 15 is 0 Å². The summed E-state index contributed by atoms with van der Waals surface area (Å²) >= 11 is 0. The van der Waals surface area contributed by atoms with Crippen molar-refractivity contribution in [3.63, 3.8) is 0 Å². The van der Waals surface area contributed by atoms with Gasteiger partial charge in [0, 0.05) is 49.1 Å². The molecule has 0 unspecified atom stereocenters. The van der Waals surface area contributed by atoms with E-state index in [1.165, 1.54) is 104 Å². The average molecular weight is 750 g/mol. The Kier molecular flexibility index (Phi) is 6.72. The van der Waals surface area contributed by atoms with Crippen LogP contribution < -0.4 is 0 Å². The monoisotopic (exact) mass is 749 g/mol. The van der Waals surface area contributed by atoms with Crippen molar-refractivity contribution < 1.29 is 0 Å². The highest BCUT2D eigenvalue weighted by atomic mass is 15.0. The van der Waals surface area contributed by atoms with Gasteiger partial charge in [0.25, 0.3) is 0 Å². The molecule has 10 aromatic carbocycles. The first kappa shape index (κ1) is 32.2. The molecule has 3 nitrogen and oxygen atoms in total. The molecule has 274 valence electrons. The van der Waals surface area contributed by atoms with Gasteiger partial charge in [-0.05, 0) is 100 Å². The van der Waals surface area contributed by atoms with Gasteiger partial charge in [-0.1, -0.05) is 140 Å². The molecule has 3 aromatic heterocycles. The molecule has 0 bridgehead atoms. The quantitative estimate of drug-likeness (QED) is 0.170. The maximum atomic E-state index is 2.47. The fourth-order valence-electron chi connectivity index (χ4n) is 9.99. The van der Waals surface area contributed by atoms with Crippen molar-refractivity contribution in [2.75, 3.05) is 0 Å². The third kappa shape index (κ3) is 4.64. The lowest BCUT2D eigenvalue weighted by Crippen LogP contribution is -1.95. The van der Waals surface area contributed by atoms with E-state index in [1.54, 1.807) is 0 Å². The van der Waals surface area contributed by atoms with Crippen LogP contribution in [0.4, 0.5) is 0 Å². The van der Waals surface area contributed by atoms with Crippen molar-refractivity contribution in [3.8, 4) is 28.2 Å². The second kappa shape index (κ2) is 12.3. The molecule has 0 saturated carbocycles. The van der Waals surface area contributed by atoms with E-state index in [0.717, 1.165) is 11.4 Å². The fraction of sp³-hybridized carbons (Fsp3) is 0. The van der Waals surface area contributed by atoms with Crippen LogP contribution in [0.5, 0.6) is 0 Å². The molecule has 13 rings (SSSR count). The van der Waals surface area contributed by atoms with Crippen molar-refractivity contribution in [2.24, 2.45) is 0 Å². The lowest BCUT2D eigenvalue weighted by molar-refractivity contribution is 1.18. The summed E-state index contributed by atoms with van der Waals surface area (Å²) in [5.41, 5.74) is 13.1. The van der Waals surface area contributed by atoms with Crippen molar-refractivity contribution in [2.45, 2.75) is 0 Å². The second-order valence-corrected chi connectivity index (χ2v) is 15.7. The second-order valence-electron chi connectivity index (χ2n) is 15.7. The van der Waals surface area contributed by atoms with Gasteiger partial charge in [0.05, 0.1) is 38.8 Å². The van der Waals surface area contributed by atoms with E-state index in [-0.39, 0.29) is 0 Å². The van der Waals surface area contributed by atoms with Crippen molar-refractivity contribution in [1.29, 1.82) is 0 Å². The summed E-state index contributed by atoms with van der Waals surface area (Å²) in [7, 11) is 0. The van der Waals surface area contributed by atoms with E-state index < -0.39 is 0 Å². The third-order valence-corrected chi connectivity index (χ3v) is 12.6. The Morgan fingerprint density at radius 3 is 1.63 bits per heavy atom. The summed E-state index contributed by atoms with van der Waals surface area (Å²) in [6.07, 6.45) is 0. The molecule has 0 spiro atoms. The largest absolute Gasteiger partial charge is 0.309 e. The van der Waals surface area contributed by atoms with E-state index in [9.17, 15) is 0 Å². The number of aromatic nitrogens is 3. The highest BCUT2D eigenvalue weighted by molar-refractivity contribution is 6.26. The number of hydrogen-bond acceptors (Lipinski definition) is 0. The highest BCUT2D eigenvalue weighted by Crippen LogP contribution is 2.44. The molecular weight excluding hydrogens is 715 g/mol. The average Bonchev–Trinajstić information content (AvgIpc) is 3.94. The minimum Gasteiger partial charge on any atom is -0.309 e. The van der Waals surface area contributed by atoms with Gasteiger partial charge in [0.15, 0.2) is 0 Å². The smallest absolute Gasteiger partial charge is 0.0641 e. The Morgan fingerprint density at radius 1 is 0.254 bits per heavy atom. The van der Waals surface area contributed by atoms with Crippen LogP contribution in [0.1, 0.15) is 0 Å². The summed E-state index contributed by atoms with van der Waals surface area (Å²) in [6, 6.07) is 78.1. The van der Waals surface area contributed by atoms with E-state index in [4.69, 9.17) is 0 Å². The zero-order valence-corrected chi connectivity index (χ0v) is 32.0. The van der Waals surface area contributed by atoms with Crippen LogP contribution in [-0.2, 0) is 0 Å². The minimum absolute atomic E-state index is 1.15. The summed E-state index contributed by atoms with van der Waals surface area (Å²) in [5, 5.41) is 12.4. The molecule has 0 N–H and O–H groups in total. The molecular formula is C56H35N3. The Balaban J connectivity index is 1.11. The minimum atomic E-state index is 1.15. The number of hydrogen-bond donors (Lipinski definition) is 0. The van der Waals surface area contributed by atoms with Crippen molar-refractivity contribution in [3.05, 3.63) is 212 Å². The maximum Gasteiger partial charge on any atom is 0.0641 e. The van der Waals surface area contributed by atoms with Gasteiger partial charge in [-0.3, -0.25) is 0 Å². The molecule has 3 heteroatoms. The molecule has 0 saturated heterocycles. The molecule has 0 aliphatic carbocycles. The molecule has 0 amide bonds. The zero-order chi connectivity index (χ0) is 38.6. The molecule has 0 aliphatic heterocycles. The lowest BCUT2D eigenvalue weighted by atomic mass is 10.00. The molecule has 0 fully saturated rings. The number of nitrogens with zero attached hydrogens (tertiary/aromatic N) is 3. The standard InChI is InChI=1S/C56H35N3/c1-2-17-41(18-3-1)58-50-22-10-8-20-44(50)46-29-32-54-55(56(46)58)48-35-40(27-31-53(48)57(54)42-28-25-36-13-4-5-15-38(36)33-42)39-26-30-52-47(34-39)45-21-9-11-23-51(45)59(52)49-24-12-16-37-14-6-7-19-43(37)49/h1-35H. The van der Waals surface area contributed by atoms with Gasteiger partial charge in [-0.2, -0.15) is 0 Å². The molecule has 0 radical (unpaired) electrons. The maximum absolute atomic E-state index is 2.47. The van der Waals surface area contributed by atoms with Gasteiger partial charge in [-0.15, -0.1) is 0 Å². The van der Waals surface area contributed by atoms with Crippen LogP contribution in [0.25, 0.3) is 115 Å².